The first-order chi connectivity index (χ1) is 38.9. The second-order valence-electron chi connectivity index (χ2n) is 25.2. The van der Waals surface area contributed by atoms with Crippen LogP contribution < -0.4 is 20.7 Å². The lowest BCUT2D eigenvalue weighted by atomic mass is 9.71. The average molecular weight is 1180 g/mol. The quantitative estimate of drug-likeness (QED) is 0.112. The van der Waals surface area contributed by atoms with Gasteiger partial charge in [0.25, 0.3) is 0 Å². The molecule has 4 aromatic carbocycles. The molecule has 4 saturated heterocycles. The van der Waals surface area contributed by atoms with E-state index in [2.05, 4.69) is 98.8 Å². The SMILES string of the molecule is CCOc1cc(C(C)(C)C)ccc1C1=NC(C)(c2ccc(Cl)cc2)[C@@](C)(c2ccc(Cl)cc2)N1C(=O)N1CCN(CC(=O)N2CCC(C(=O)NC(C(=O)N3CCCC3C(=O)NCc3ccc(C4SCNC4C)cc3)C(C)(C)C)CC2)CC1. The fourth-order valence-electron chi connectivity index (χ4n) is 12.4. The molecule has 18 heteroatoms. The van der Waals surface area contributed by atoms with Gasteiger partial charge >= 0.3 is 6.03 Å². The number of aliphatic imine (C=N–C) groups is 1. The number of ether oxygens (including phenoxy) is 1. The molecular formula is C64H83Cl2N9O6S. The topological polar surface area (TPSA) is 159 Å². The molecule has 5 aliphatic heterocycles. The normalized spacial score (nSPS) is 24.1. The smallest absolute Gasteiger partial charge is 0.326 e. The van der Waals surface area contributed by atoms with Gasteiger partial charge in [0, 0.05) is 85.5 Å². The summed E-state index contributed by atoms with van der Waals surface area (Å²) in [6, 6.07) is 28.5. The van der Waals surface area contributed by atoms with Crippen LogP contribution in [0, 0.1) is 11.3 Å². The van der Waals surface area contributed by atoms with Gasteiger partial charge in [-0.15, -0.1) is 11.8 Å². The predicted octanol–water partition coefficient (Wildman–Crippen LogP) is 10.1. The number of nitrogens with one attached hydrogen (secondary N) is 3. The maximum atomic E-state index is 15.7. The summed E-state index contributed by atoms with van der Waals surface area (Å²) >= 11 is 14.9. The second kappa shape index (κ2) is 24.9. The zero-order chi connectivity index (χ0) is 58.9. The summed E-state index contributed by atoms with van der Waals surface area (Å²) in [5.41, 5.74) is 2.86. The number of urea groups is 1. The Labute approximate surface area is 499 Å². The van der Waals surface area contributed by atoms with Gasteiger partial charge in [0.15, 0.2) is 0 Å². The first-order valence-electron chi connectivity index (χ1n) is 29.2. The number of amides is 6. The molecule has 3 N–H and O–H groups in total. The molecule has 6 atom stereocenters. The Morgan fingerprint density at radius 3 is 2.00 bits per heavy atom. The number of benzene rings is 4. The molecule has 0 aromatic heterocycles. The van der Waals surface area contributed by atoms with Crippen LogP contribution in [0.15, 0.2) is 96.0 Å². The van der Waals surface area contributed by atoms with Crippen molar-refractivity contribution >= 4 is 70.5 Å². The maximum absolute atomic E-state index is 15.7. The van der Waals surface area contributed by atoms with Crippen molar-refractivity contribution in [3.63, 3.8) is 0 Å². The summed E-state index contributed by atoms with van der Waals surface area (Å²) in [5, 5.41) is 11.2. The van der Waals surface area contributed by atoms with Gasteiger partial charge in [-0.3, -0.25) is 34.0 Å². The van der Waals surface area contributed by atoms with Crippen molar-refractivity contribution < 1.29 is 28.7 Å². The number of hydrogen-bond donors (Lipinski definition) is 3. The summed E-state index contributed by atoms with van der Waals surface area (Å²) in [6.07, 6.45) is 2.17. The van der Waals surface area contributed by atoms with E-state index >= 15 is 4.79 Å². The van der Waals surface area contributed by atoms with Gasteiger partial charge in [-0.2, -0.15) is 0 Å². The van der Waals surface area contributed by atoms with Crippen LogP contribution in [-0.2, 0) is 42.2 Å². The first kappa shape index (κ1) is 60.9. The maximum Gasteiger partial charge on any atom is 0.326 e. The van der Waals surface area contributed by atoms with Crippen molar-refractivity contribution in [1.29, 1.82) is 0 Å². The fourth-order valence-corrected chi connectivity index (χ4v) is 13.9. The zero-order valence-electron chi connectivity index (χ0n) is 49.5. The van der Waals surface area contributed by atoms with E-state index in [1.54, 1.807) is 4.90 Å². The molecule has 82 heavy (non-hydrogen) atoms. The summed E-state index contributed by atoms with van der Waals surface area (Å²) in [5.74, 6) is 0.981. The third-order valence-corrected chi connectivity index (χ3v) is 19.6. The summed E-state index contributed by atoms with van der Waals surface area (Å²) < 4.78 is 6.39. The average Bonchev–Trinajstić information content (AvgIpc) is 1.75. The molecule has 5 unspecified atom stereocenters. The molecule has 9 rings (SSSR count). The van der Waals surface area contributed by atoms with Crippen molar-refractivity contribution in [3.05, 3.63) is 134 Å². The Balaban J connectivity index is 0.826. The largest absolute Gasteiger partial charge is 0.493 e. The van der Waals surface area contributed by atoms with Gasteiger partial charge in [0.2, 0.25) is 23.6 Å². The molecule has 0 spiro atoms. The summed E-state index contributed by atoms with van der Waals surface area (Å²) in [6.45, 7) is 24.4. The zero-order valence-corrected chi connectivity index (χ0v) is 51.8. The van der Waals surface area contributed by atoms with Gasteiger partial charge in [-0.1, -0.05) is 119 Å². The van der Waals surface area contributed by atoms with E-state index in [4.69, 9.17) is 32.9 Å². The number of nitrogens with zero attached hydrogens (tertiary/aromatic N) is 6. The lowest BCUT2D eigenvalue weighted by Crippen LogP contribution is -2.61. The lowest BCUT2D eigenvalue weighted by Gasteiger charge is -2.47. The minimum absolute atomic E-state index is 0.0303. The van der Waals surface area contributed by atoms with Gasteiger partial charge in [0.05, 0.1) is 18.7 Å². The van der Waals surface area contributed by atoms with Crippen molar-refractivity contribution in [1.82, 2.24) is 40.4 Å². The second-order valence-corrected chi connectivity index (χ2v) is 27.2. The number of thioether (sulfide) groups is 1. The lowest BCUT2D eigenvalue weighted by molar-refractivity contribution is -0.145. The third kappa shape index (κ3) is 12.7. The first-order valence-corrected chi connectivity index (χ1v) is 31.0. The fraction of sp³-hybridized carbons (Fsp3) is 0.531. The summed E-state index contributed by atoms with van der Waals surface area (Å²) in [4.78, 5) is 86.7. The van der Waals surface area contributed by atoms with Crippen LogP contribution in [0.3, 0.4) is 0 Å². The van der Waals surface area contributed by atoms with E-state index in [1.807, 2.05) is 109 Å². The number of likely N-dealkylation sites (tertiary alicyclic amines) is 2. The summed E-state index contributed by atoms with van der Waals surface area (Å²) in [7, 11) is 0. The van der Waals surface area contributed by atoms with Crippen molar-refractivity contribution in [2.24, 2.45) is 16.3 Å². The minimum Gasteiger partial charge on any atom is -0.493 e. The Hall–Kier alpha value is -5.65. The highest BCUT2D eigenvalue weighted by Gasteiger charge is 2.60. The van der Waals surface area contributed by atoms with Crippen LogP contribution >= 0.6 is 35.0 Å². The van der Waals surface area contributed by atoms with Crippen molar-refractivity contribution in [3.8, 4) is 5.75 Å². The van der Waals surface area contributed by atoms with Crippen molar-refractivity contribution in [2.45, 2.75) is 141 Å². The van der Waals surface area contributed by atoms with Crippen LogP contribution in [0.25, 0.3) is 0 Å². The molecule has 0 saturated carbocycles. The molecule has 0 aliphatic carbocycles. The molecule has 5 heterocycles. The number of hydrogen-bond acceptors (Lipinski definition) is 10. The number of carbonyl (C=O) groups is 5. The Morgan fingerprint density at radius 2 is 1.41 bits per heavy atom. The molecule has 15 nitrogen and oxygen atoms in total. The number of piperazine rings is 1. The van der Waals surface area contributed by atoms with Gasteiger partial charge in [-0.25, -0.2) is 4.79 Å². The molecule has 6 amide bonds. The highest BCUT2D eigenvalue weighted by molar-refractivity contribution is 7.99. The Bertz CT molecular complexity index is 3010. The third-order valence-electron chi connectivity index (χ3n) is 17.7. The number of carbonyl (C=O) groups excluding carboxylic acids is 5. The molecule has 0 bridgehead atoms. The molecule has 440 valence electrons. The highest BCUT2D eigenvalue weighted by Crippen LogP contribution is 2.54. The molecular weight excluding hydrogens is 1090 g/mol. The molecule has 0 radical (unpaired) electrons. The molecule has 5 aliphatic rings. The highest BCUT2D eigenvalue weighted by atomic mass is 35.5. The predicted molar refractivity (Wildman–Crippen MR) is 327 cm³/mol. The van der Waals surface area contributed by atoms with Gasteiger partial charge in [0.1, 0.15) is 34.7 Å². The van der Waals surface area contributed by atoms with E-state index in [-0.39, 0.29) is 47.5 Å². The van der Waals surface area contributed by atoms with Crippen LogP contribution in [0.1, 0.15) is 134 Å². The number of piperidine rings is 1. The van der Waals surface area contributed by atoms with Crippen LogP contribution in [0.4, 0.5) is 4.79 Å². The Morgan fingerprint density at radius 1 is 0.780 bits per heavy atom. The van der Waals surface area contributed by atoms with Crippen LogP contribution in [0.5, 0.6) is 5.75 Å². The standard InChI is InChI=1S/C64H83Cl2N9O6S/c1-11-81-52-37-47(61(3,4)5)22-27-50(52)56-70-63(9,45-18-23-48(65)24-19-45)64(10,46-20-25-49(66)26-21-46)75(56)60(80)73-35-33-71(34-36-73)39-53(76)72-31-28-44(29-32-72)57(77)69-55(62(6,7)8)59(79)74-30-12-13-51(74)58(78)67-38-42-14-16-43(17-15-42)54-41(2)68-40-82-54/h14-27,37,41,44,51,54-55,68H,11-13,28-36,38-40H2,1-10H3,(H,67,78)(H,69,77)/t41?,51?,54?,55?,63?,64-/m1/s1. The van der Waals surface area contributed by atoms with E-state index < -0.39 is 28.6 Å². The van der Waals surface area contributed by atoms with E-state index in [0.717, 1.165) is 28.1 Å². The minimum atomic E-state index is -1.09. The van der Waals surface area contributed by atoms with E-state index in [0.29, 0.717) is 123 Å². The molecule has 4 fully saturated rings. The number of rotatable bonds is 14. The Kier molecular flexibility index (Phi) is 18.5. The molecule has 4 aromatic rings. The van der Waals surface area contributed by atoms with Gasteiger partial charge < -0.3 is 35.4 Å². The number of amidine groups is 1. The van der Waals surface area contributed by atoms with Gasteiger partial charge in [-0.05, 0) is 128 Å². The van der Waals surface area contributed by atoms with Crippen LogP contribution in [0.2, 0.25) is 10.0 Å². The van der Waals surface area contributed by atoms with E-state index in [9.17, 15) is 19.2 Å². The van der Waals surface area contributed by atoms with Crippen LogP contribution in [-0.4, -0.2) is 143 Å². The van der Waals surface area contributed by atoms with Crippen molar-refractivity contribution in [2.75, 3.05) is 64.8 Å². The number of halogens is 2. The van der Waals surface area contributed by atoms with E-state index in [1.165, 1.54) is 5.56 Å². The monoisotopic (exact) mass is 1180 g/mol.